The third-order valence-corrected chi connectivity index (χ3v) is 4.04. The summed E-state index contributed by atoms with van der Waals surface area (Å²) in [7, 11) is 0. The molecule has 4 nitrogen and oxygen atoms in total. The second-order valence-corrected chi connectivity index (χ2v) is 5.46. The van der Waals surface area contributed by atoms with E-state index in [-0.39, 0.29) is 0 Å². The minimum absolute atomic E-state index is 0.321. The zero-order chi connectivity index (χ0) is 13.1. The number of aliphatic hydroxyl groups excluding tert-OH is 1. The molecule has 0 fully saturated rings. The molecule has 1 heterocycles. The molecular weight excluding hydrogens is 367 g/mol. The molecule has 0 aliphatic rings. The van der Waals surface area contributed by atoms with Crippen LogP contribution in [0, 0.1) is 3.57 Å². The van der Waals surface area contributed by atoms with Crippen molar-refractivity contribution in [3.8, 4) is 11.5 Å². The van der Waals surface area contributed by atoms with Crippen LogP contribution in [0.3, 0.4) is 0 Å². The molecule has 0 spiro atoms. The molecule has 1 N–H and O–H groups in total. The highest BCUT2D eigenvalue weighted by Gasteiger charge is 2.16. The maximum Gasteiger partial charge on any atom is 0.258 e. The molecule has 0 radical (unpaired) electrons. The Morgan fingerprint density at radius 1 is 1.50 bits per heavy atom. The zero-order valence-corrected chi connectivity index (χ0v) is 12.6. The Balaban J connectivity index is 2.26. The van der Waals surface area contributed by atoms with Crippen molar-refractivity contribution in [3.63, 3.8) is 0 Å². The van der Waals surface area contributed by atoms with Crippen molar-refractivity contribution >= 4 is 34.2 Å². The van der Waals surface area contributed by atoms with Gasteiger partial charge in [-0.3, -0.25) is 0 Å². The van der Waals surface area contributed by atoms with Crippen LogP contribution < -0.4 is 0 Å². The molecule has 1 aromatic heterocycles. The first-order valence-corrected chi connectivity index (χ1v) is 7.04. The molecule has 96 valence electrons. The van der Waals surface area contributed by atoms with E-state index in [0.717, 1.165) is 15.6 Å². The third-order valence-electron chi connectivity index (χ3n) is 2.47. The predicted molar refractivity (Wildman–Crippen MR) is 77.3 cm³/mol. The normalized spacial score (nSPS) is 12.7. The molecule has 0 saturated carbocycles. The van der Waals surface area contributed by atoms with Crippen molar-refractivity contribution in [1.29, 1.82) is 0 Å². The average Bonchev–Trinajstić information content (AvgIpc) is 2.82. The van der Waals surface area contributed by atoms with Crippen LogP contribution in [0.15, 0.2) is 22.7 Å². The second kappa shape index (κ2) is 5.99. The Kier molecular flexibility index (Phi) is 4.58. The molecule has 0 amide bonds. The van der Waals surface area contributed by atoms with Gasteiger partial charge in [-0.05, 0) is 47.2 Å². The average molecular weight is 379 g/mol. The number of benzene rings is 1. The molecule has 0 aliphatic heterocycles. The Morgan fingerprint density at radius 3 is 2.94 bits per heavy atom. The van der Waals surface area contributed by atoms with Crippen molar-refractivity contribution in [2.45, 2.75) is 25.9 Å². The summed E-state index contributed by atoms with van der Waals surface area (Å²) in [5.74, 6) is 0.694. The number of aliphatic hydroxyl groups is 1. The number of hydrogen-bond acceptors (Lipinski definition) is 4. The number of halogens is 2. The van der Waals surface area contributed by atoms with Gasteiger partial charge in [-0.25, -0.2) is 0 Å². The minimum atomic E-state index is -0.674. The number of rotatable bonds is 4. The summed E-state index contributed by atoms with van der Waals surface area (Å²) in [6.45, 7) is 1.99. The monoisotopic (exact) mass is 378 g/mol. The van der Waals surface area contributed by atoms with E-state index >= 15 is 0 Å². The van der Waals surface area contributed by atoms with Crippen LogP contribution in [0.1, 0.15) is 31.7 Å². The van der Waals surface area contributed by atoms with Crippen LogP contribution in [0.25, 0.3) is 11.5 Å². The molecule has 1 atom stereocenters. The van der Waals surface area contributed by atoms with E-state index < -0.39 is 6.10 Å². The summed E-state index contributed by atoms with van der Waals surface area (Å²) in [6.07, 6.45) is 0.805. The van der Waals surface area contributed by atoms with Gasteiger partial charge in [-0.15, -0.1) is 0 Å². The van der Waals surface area contributed by atoms with Gasteiger partial charge in [0.25, 0.3) is 5.89 Å². The van der Waals surface area contributed by atoms with Gasteiger partial charge < -0.3 is 9.63 Å². The van der Waals surface area contributed by atoms with Crippen LogP contribution in [-0.4, -0.2) is 15.2 Å². The lowest BCUT2D eigenvalue weighted by molar-refractivity contribution is 0.153. The maximum absolute atomic E-state index is 9.77. The van der Waals surface area contributed by atoms with Gasteiger partial charge in [-0.1, -0.05) is 30.1 Å². The molecular formula is C12H12ClIN2O2. The van der Waals surface area contributed by atoms with E-state index in [4.69, 9.17) is 16.1 Å². The van der Waals surface area contributed by atoms with Gasteiger partial charge in [0, 0.05) is 9.13 Å². The summed E-state index contributed by atoms with van der Waals surface area (Å²) in [5.41, 5.74) is 0.753. The first-order chi connectivity index (χ1) is 8.61. The third kappa shape index (κ3) is 3.02. The summed E-state index contributed by atoms with van der Waals surface area (Å²) < 4.78 is 6.09. The Morgan fingerprint density at radius 2 is 2.28 bits per heavy atom. The maximum atomic E-state index is 9.77. The second-order valence-electron chi connectivity index (χ2n) is 3.89. The fourth-order valence-corrected chi connectivity index (χ4v) is 2.04. The van der Waals surface area contributed by atoms with Crippen molar-refractivity contribution in [2.24, 2.45) is 0 Å². The van der Waals surface area contributed by atoms with Gasteiger partial charge in [-0.2, -0.15) is 4.98 Å². The summed E-state index contributed by atoms with van der Waals surface area (Å²) in [6, 6.07) is 5.51. The SMILES string of the molecule is CCCC(O)c1noc(-c2ccc(I)c(Cl)c2)n1. The standard InChI is InChI=1S/C12H12ClIN2O2/c1-2-3-10(17)11-15-12(18-16-11)7-4-5-9(14)8(13)6-7/h4-6,10,17H,2-3H2,1H3. The van der Waals surface area contributed by atoms with Crippen LogP contribution >= 0.6 is 34.2 Å². The molecule has 0 saturated heterocycles. The Bertz CT molecular complexity index is 545. The fourth-order valence-electron chi connectivity index (χ4n) is 1.52. The molecule has 6 heteroatoms. The molecule has 2 rings (SSSR count). The van der Waals surface area contributed by atoms with Gasteiger partial charge >= 0.3 is 0 Å². The van der Waals surface area contributed by atoms with E-state index in [9.17, 15) is 5.11 Å². The number of hydrogen-bond donors (Lipinski definition) is 1. The highest BCUT2D eigenvalue weighted by Crippen LogP contribution is 2.26. The molecule has 18 heavy (non-hydrogen) atoms. The summed E-state index contributed by atoms with van der Waals surface area (Å²) in [4.78, 5) is 4.18. The lowest BCUT2D eigenvalue weighted by atomic mass is 10.2. The van der Waals surface area contributed by atoms with Crippen molar-refractivity contribution in [3.05, 3.63) is 32.6 Å². The first kappa shape index (κ1) is 13.8. The summed E-state index contributed by atoms with van der Waals surface area (Å²) >= 11 is 8.18. The van der Waals surface area contributed by atoms with Gasteiger partial charge in [0.1, 0.15) is 6.10 Å². The van der Waals surface area contributed by atoms with Crippen LogP contribution in [0.2, 0.25) is 5.02 Å². The largest absolute Gasteiger partial charge is 0.385 e. The number of aromatic nitrogens is 2. The highest BCUT2D eigenvalue weighted by molar-refractivity contribution is 14.1. The topological polar surface area (TPSA) is 59.2 Å². The van der Waals surface area contributed by atoms with Crippen LogP contribution in [0.5, 0.6) is 0 Å². The molecule has 1 aromatic carbocycles. The van der Waals surface area contributed by atoms with Crippen molar-refractivity contribution < 1.29 is 9.63 Å². The zero-order valence-electron chi connectivity index (χ0n) is 9.73. The predicted octanol–water partition coefficient (Wildman–Crippen LogP) is 3.83. The highest BCUT2D eigenvalue weighted by atomic mass is 127. The molecule has 2 aromatic rings. The first-order valence-electron chi connectivity index (χ1n) is 5.59. The van der Waals surface area contributed by atoms with Gasteiger partial charge in [0.15, 0.2) is 0 Å². The van der Waals surface area contributed by atoms with E-state index in [1.165, 1.54) is 0 Å². The molecule has 0 aliphatic carbocycles. The van der Waals surface area contributed by atoms with E-state index in [2.05, 4.69) is 32.7 Å². The molecule has 0 bridgehead atoms. The minimum Gasteiger partial charge on any atom is -0.385 e. The van der Waals surface area contributed by atoms with Gasteiger partial charge in [0.05, 0.1) is 5.02 Å². The fraction of sp³-hybridized carbons (Fsp3) is 0.333. The quantitative estimate of drug-likeness (QED) is 0.822. The van der Waals surface area contributed by atoms with E-state index in [0.29, 0.717) is 23.2 Å². The number of nitrogens with zero attached hydrogens (tertiary/aromatic N) is 2. The van der Waals surface area contributed by atoms with Crippen molar-refractivity contribution in [2.75, 3.05) is 0 Å². The van der Waals surface area contributed by atoms with E-state index in [1.807, 2.05) is 19.1 Å². The Hall–Kier alpha value is -0.660. The van der Waals surface area contributed by atoms with E-state index in [1.54, 1.807) is 6.07 Å². The molecule has 1 unspecified atom stereocenters. The van der Waals surface area contributed by atoms with Crippen molar-refractivity contribution in [1.82, 2.24) is 10.1 Å². The van der Waals surface area contributed by atoms with Crippen LogP contribution in [-0.2, 0) is 0 Å². The Labute approximate surface area is 123 Å². The lowest BCUT2D eigenvalue weighted by Crippen LogP contribution is -1.98. The smallest absolute Gasteiger partial charge is 0.258 e. The lowest BCUT2D eigenvalue weighted by Gasteiger charge is -2.01. The van der Waals surface area contributed by atoms with Gasteiger partial charge in [0.2, 0.25) is 5.82 Å². The van der Waals surface area contributed by atoms with Crippen LogP contribution in [0.4, 0.5) is 0 Å². The summed E-state index contributed by atoms with van der Waals surface area (Å²) in [5, 5.41) is 14.2.